The lowest BCUT2D eigenvalue weighted by atomic mass is 9.91. The van der Waals surface area contributed by atoms with E-state index in [-0.39, 0.29) is 18.1 Å². The van der Waals surface area contributed by atoms with Gasteiger partial charge in [0.2, 0.25) is 0 Å². The standard InChI is InChI=1S/C28H26Cl2O6/c29-23-14-13-21(16-24(23)30)35-20-9-6-8-18(15-20)28-34-17-19(7-2-1-3-12-26(32)33)27(36-28)22-10-4-5-11-25(22)31/h1-2,4-6,8-11,13-16,19,27-28,31H,3,7,12,17H2,(H,32,33)/b2-1-/t19-,27+,28+/m1/s1. The van der Waals surface area contributed by atoms with Gasteiger partial charge < -0.3 is 24.4 Å². The third kappa shape index (κ3) is 6.80. The van der Waals surface area contributed by atoms with Crippen LogP contribution in [-0.2, 0) is 14.3 Å². The minimum atomic E-state index is -0.829. The number of para-hydroxylation sites is 1. The monoisotopic (exact) mass is 528 g/mol. The first-order chi connectivity index (χ1) is 17.4. The van der Waals surface area contributed by atoms with Gasteiger partial charge in [0.1, 0.15) is 17.2 Å². The number of carboxylic acids is 1. The van der Waals surface area contributed by atoms with E-state index >= 15 is 0 Å². The molecule has 1 saturated heterocycles. The van der Waals surface area contributed by atoms with E-state index in [1.165, 1.54) is 0 Å². The Hall–Kier alpha value is -3.03. The van der Waals surface area contributed by atoms with E-state index in [9.17, 15) is 9.90 Å². The average Bonchev–Trinajstić information content (AvgIpc) is 2.86. The van der Waals surface area contributed by atoms with E-state index in [2.05, 4.69) is 0 Å². The van der Waals surface area contributed by atoms with E-state index in [1.54, 1.807) is 30.3 Å². The second-order valence-corrected chi connectivity index (χ2v) is 9.25. The smallest absolute Gasteiger partial charge is 0.303 e. The molecule has 3 aromatic rings. The molecule has 0 aliphatic carbocycles. The number of halogens is 2. The number of phenolic OH excluding ortho intramolecular Hbond substituents is 1. The zero-order valence-electron chi connectivity index (χ0n) is 19.3. The molecule has 0 spiro atoms. The SMILES string of the molecule is O=C(O)CC/C=C\C[C@@H]1CO[C@H](c2cccc(Oc3ccc(Cl)c(Cl)c3)c2)O[C@@H]1c1ccccc1O. The van der Waals surface area contributed by atoms with Crippen molar-refractivity contribution in [2.45, 2.75) is 31.7 Å². The molecule has 6 nitrogen and oxygen atoms in total. The molecular weight excluding hydrogens is 503 g/mol. The van der Waals surface area contributed by atoms with E-state index in [0.717, 1.165) is 5.56 Å². The maximum Gasteiger partial charge on any atom is 0.303 e. The first-order valence-corrected chi connectivity index (χ1v) is 12.3. The molecule has 0 amide bonds. The zero-order valence-corrected chi connectivity index (χ0v) is 20.9. The first kappa shape index (κ1) is 26.0. The number of carbonyl (C=O) groups is 1. The minimum absolute atomic E-state index is 0.0636. The predicted octanol–water partition coefficient (Wildman–Crippen LogP) is 7.71. The Kier molecular flexibility index (Phi) is 8.88. The maximum atomic E-state index is 10.7. The van der Waals surface area contributed by atoms with Gasteiger partial charge in [0, 0.05) is 29.5 Å². The number of allylic oxidation sites excluding steroid dienone is 2. The van der Waals surface area contributed by atoms with Crippen molar-refractivity contribution in [3.05, 3.63) is 100 Å². The predicted molar refractivity (Wildman–Crippen MR) is 138 cm³/mol. The van der Waals surface area contributed by atoms with Crippen LogP contribution in [0.25, 0.3) is 0 Å². The molecule has 36 heavy (non-hydrogen) atoms. The van der Waals surface area contributed by atoms with Gasteiger partial charge >= 0.3 is 5.97 Å². The molecule has 0 bridgehead atoms. The Labute approximate surface area is 219 Å². The number of rotatable bonds is 9. The van der Waals surface area contributed by atoms with Crippen molar-refractivity contribution in [1.82, 2.24) is 0 Å². The normalized spacial score (nSPS) is 19.9. The molecule has 8 heteroatoms. The van der Waals surface area contributed by atoms with Crippen LogP contribution in [0.5, 0.6) is 17.2 Å². The zero-order chi connectivity index (χ0) is 25.5. The van der Waals surface area contributed by atoms with Gasteiger partial charge in [-0.1, -0.05) is 65.7 Å². The molecule has 1 fully saturated rings. The highest BCUT2D eigenvalue weighted by Gasteiger charge is 2.34. The van der Waals surface area contributed by atoms with Gasteiger partial charge in [-0.15, -0.1) is 0 Å². The lowest BCUT2D eigenvalue weighted by molar-refractivity contribution is -0.244. The lowest BCUT2D eigenvalue weighted by Crippen LogP contribution is -2.30. The molecular formula is C28H26Cl2O6. The molecule has 188 valence electrons. The van der Waals surface area contributed by atoms with Crippen LogP contribution in [0.15, 0.2) is 78.9 Å². The second-order valence-electron chi connectivity index (χ2n) is 8.43. The molecule has 1 aliphatic rings. The average molecular weight is 529 g/mol. The summed E-state index contributed by atoms with van der Waals surface area (Å²) < 4.78 is 18.4. The van der Waals surface area contributed by atoms with Crippen molar-refractivity contribution in [2.75, 3.05) is 6.61 Å². The van der Waals surface area contributed by atoms with E-state index in [0.29, 0.717) is 46.6 Å². The summed E-state index contributed by atoms with van der Waals surface area (Å²) in [6, 6.07) is 19.5. The molecule has 1 aliphatic heterocycles. The molecule has 4 rings (SSSR count). The number of hydrogen-bond acceptors (Lipinski definition) is 5. The maximum absolute atomic E-state index is 10.7. The van der Waals surface area contributed by atoms with Crippen LogP contribution < -0.4 is 4.74 Å². The molecule has 3 atom stereocenters. The molecule has 3 aromatic carbocycles. The summed E-state index contributed by atoms with van der Waals surface area (Å²) in [5.74, 6) is 0.393. The summed E-state index contributed by atoms with van der Waals surface area (Å²) in [7, 11) is 0. The van der Waals surface area contributed by atoms with Gasteiger partial charge in [-0.25, -0.2) is 0 Å². The van der Waals surface area contributed by atoms with Gasteiger partial charge in [-0.2, -0.15) is 0 Å². The van der Waals surface area contributed by atoms with Gasteiger partial charge in [0.15, 0.2) is 6.29 Å². The Morgan fingerprint density at radius 1 is 1.00 bits per heavy atom. The number of aliphatic carboxylic acids is 1. The van der Waals surface area contributed by atoms with Gasteiger partial charge in [-0.05, 0) is 43.2 Å². The highest BCUT2D eigenvalue weighted by molar-refractivity contribution is 6.42. The summed E-state index contributed by atoms with van der Waals surface area (Å²) in [5, 5.41) is 20.2. The number of carboxylic acid groups (broad SMARTS) is 1. The Morgan fingerprint density at radius 3 is 2.58 bits per heavy atom. The summed E-state index contributed by atoms with van der Waals surface area (Å²) in [5.41, 5.74) is 1.45. The van der Waals surface area contributed by atoms with Crippen molar-refractivity contribution in [1.29, 1.82) is 0 Å². The third-order valence-corrected chi connectivity index (χ3v) is 6.53. The van der Waals surface area contributed by atoms with Crippen LogP contribution in [0.4, 0.5) is 0 Å². The van der Waals surface area contributed by atoms with E-state index < -0.39 is 18.4 Å². The van der Waals surface area contributed by atoms with Crippen LogP contribution >= 0.6 is 23.2 Å². The van der Waals surface area contributed by atoms with Crippen molar-refractivity contribution in [3.63, 3.8) is 0 Å². The minimum Gasteiger partial charge on any atom is -0.508 e. The number of hydrogen-bond donors (Lipinski definition) is 2. The van der Waals surface area contributed by atoms with Gasteiger partial charge in [-0.3, -0.25) is 4.79 Å². The molecule has 0 saturated carbocycles. The van der Waals surface area contributed by atoms with Crippen LogP contribution in [0.3, 0.4) is 0 Å². The summed E-state index contributed by atoms with van der Waals surface area (Å²) in [6.07, 6.45) is 3.86. The fraction of sp³-hybridized carbons (Fsp3) is 0.250. The fourth-order valence-corrected chi connectivity index (χ4v) is 4.29. The fourth-order valence-electron chi connectivity index (χ4n) is 4.00. The quantitative estimate of drug-likeness (QED) is 0.276. The Balaban J connectivity index is 1.51. The highest BCUT2D eigenvalue weighted by Crippen LogP contribution is 2.43. The number of ether oxygens (including phenoxy) is 3. The number of phenols is 1. The lowest BCUT2D eigenvalue weighted by Gasteiger charge is -2.37. The van der Waals surface area contributed by atoms with Crippen molar-refractivity contribution in [2.24, 2.45) is 5.92 Å². The molecule has 2 N–H and O–H groups in total. The number of benzene rings is 3. The van der Waals surface area contributed by atoms with Gasteiger partial charge in [0.25, 0.3) is 0 Å². The Bertz CT molecular complexity index is 1230. The van der Waals surface area contributed by atoms with Gasteiger partial charge in [0.05, 0.1) is 22.8 Å². The molecule has 0 radical (unpaired) electrons. The van der Waals surface area contributed by atoms with E-state index in [4.69, 9.17) is 42.5 Å². The molecule has 0 unspecified atom stereocenters. The topological polar surface area (TPSA) is 85.2 Å². The molecule has 0 aromatic heterocycles. The third-order valence-electron chi connectivity index (χ3n) is 5.79. The second kappa shape index (κ2) is 12.3. The van der Waals surface area contributed by atoms with Crippen molar-refractivity contribution < 1.29 is 29.2 Å². The summed E-state index contributed by atoms with van der Waals surface area (Å²) in [6.45, 7) is 0.394. The summed E-state index contributed by atoms with van der Waals surface area (Å²) >= 11 is 12.1. The van der Waals surface area contributed by atoms with Crippen LogP contribution in [0.2, 0.25) is 10.0 Å². The highest BCUT2D eigenvalue weighted by atomic mass is 35.5. The van der Waals surface area contributed by atoms with Crippen LogP contribution in [0, 0.1) is 5.92 Å². The van der Waals surface area contributed by atoms with Crippen LogP contribution in [0.1, 0.15) is 42.8 Å². The number of aromatic hydroxyl groups is 1. The van der Waals surface area contributed by atoms with Crippen molar-refractivity contribution >= 4 is 29.2 Å². The van der Waals surface area contributed by atoms with Crippen LogP contribution in [-0.4, -0.2) is 22.8 Å². The van der Waals surface area contributed by atoms with Crippen molar-refractivity contribution in [3.8, 4) is 17.2 Å². The van der Waals surface area contributed by atoms with E-state index in [1.807, 2.05) is 48.6 Å². The molecule has 1 heterocycles. The Morgan fingerprint density at radius 2 is 1.81 bits per heavy atom. The first-order valence-electron chi connectivity index (χ1n) is 11.6. The largest absolute Gasteiger partial charge is 0.508 e. The summed E-state index contributed by atoms with van der Waals surface area (Å²) in [4.78, 5) is 10.7.